The molecule has 0 aliphatic carbocycles. The Morgan fingerprint density at radius 3 is 2.53 bits per heavy atom. The summed E-state index contributed by atoms with van der Waals surface area (Å²) in [5, 5.41) is 21.3. The number of fused-ring (bicyclic) bond motifs is 1. The number of ether oxygens (including phenoxy) is 1. The zero-order valence-electron chi connectivity index (χ0n) is 25.0. The van der Waals surface area contributed by atoms with Gasteiger partial charge in [0, 0.05) is 38.3 Å². The highest BCUT2D eigenvalue weighted by atomic mass is 19.1. The van der Waals surface area contributed by atoms with Crippen LogP contribution in [0.5, 0.6) is 0 Å². The molecule has 0 bridgehead atoms. The Hall–Kier alpha value is -5.40. The van der Waals surface area contributed by atoms with Crippen molar-refractivity contribution in [2.24, 2.45) is 0 Å². The molecule has 9 nitrogen and oxygen atoms in total. The summed E-state index contributed by atoms with van der Waals surface area (Å²) < 4.78 is 21.9. The molecule has 5 rings (SSSR count). The molecule has 0 unspecified atom stereocenters. The maximum atomic E-state index is 14.3. The first-order valence-electron chi connectivity index (χ1n) is 14.5. The van der Waals surface area contributed by atoms with E-state index < -0.39 is 5.97 Å². The molecule has 0 fully saturated rings. The molecule has 0 saturated heterocycles. The Kier molecular flexibility index (Phi) is 9.61. The number of aryl methyl sites for hydroxylation is 2. The normalized spacial score (nSPS) is 11.7. The zero-order chi connectivity index (χ0) is 31.9. The van der Waals surface area contributed by atoms with Crippen LogP contribution < -0.4 is 5.32 Å². The largest absolute Gasteiger partial charge is 0.478 e. The second kappa shape index (κ2) is 13.9. The predicted molar refractivity (Wildman–Crippen MR) is 167 cm³/mol. The molecule has 3 aromatic carbocycles. The molecule has 10 heteroatoms. The SMILES string of the molecule is CO[C@@H](CNC(C)=O)Cn1c(Cc2ccc(-c3cccc(CCc4ccc(C#N)cc4F)n3)cc2)nc2ccc(C(=O)O)cc21. The van der Waals surface area contributed by atoms with E-state index in [0.717, 1.165) is 28.3 Å². The molecule has 2 heterocycles. The summed E-state index contributed by atoms with van der Waals surface area (Å²) in [6.45, 7) is 2.11. The molecule has 1 atom stereocenters. The number of hydrogen-bond acceptors (Lipinski definition) is 6. The van der Waals surface area contributed by atoms with Crippen molar-refractivity contribution in [3.8, 4) is 17.3 Å². The summed E-state index contributed by atoms with van der Waals surface area (Å²) in [4.78, 5) is 32.8. The third-order valence-corrected chi connectivity index (χ3v) is 7.62. The monoisotopic (exact) mass is 605 g/mol. The molecular weight excluding hydrogens is 573 g/mol. The number of rotatable bonds is 12. The Balaban J connectivity index is 1.35. The number of aromatic carboxylic acids is 1. The molecular formula is C35H32FN5O4. The van der Waals surface area contributed by atoms with Crippen molar-refractivity contribution < 1.29 is 23.8 Å². The van der Waals surface area contributed by atoms with E-state index in [0.29, 0.717) is 54.5 Å². The van der Waals surface area contributed by atoms with Crippen LogP contribution in [0.3, 0.4) is 0 Å². The maximum absolute atomic E-state index is 14.3. The van der Waals surface area contributed by atoms with Gasteiger partial charge in [-0.05, 0) is 66.4 Å². The minimum Gasteiger partial charge on any atom is -0.478 e. The average molecular weight is 606 g/mol. The van der Waals surface area contributed by atoms with Crippen molar-refractivity contribution in [3.05, 3.63) is 118 Å². The number of pyridine rings is 1. The summed E-state index contributed by atoms with van der Waals surface area (Å²) in [6, 6.07) is 25.1. The summed E-state index contributed by atoms with van der Waals surface area (Å²) in [6.07, 6.45) is 1.15. The van der Waals surface area contributed by atoms with Crippen molar-refractivity contribution in [1.29, 1.82) is 5.26 Å². The van der Waals surface area contributed by atoms with Crippen LogP contribution in [0.2, 0.25) is 0 Å². The van der Waals surface area contributed by atoms with E-state index in [-0.39, 0.29) is 23.4 Å². The quantitative estimate of drug-likeness (QED) is 0.197. The molecule has 0 radical (unpaired) electrons. The van der Waals surface area contributed by atoms with E-state index in [2.05, 4.69) is 5.32 Å². The Bertz CT molecular complexity index is 1900. The summed E-state index contributed by atoms with van der Waals surface area (Å²) in [5.74, 6) is -0.842. The number of imidazole rings is 1. The number of carboxylic acids is 1. The molecule has 2 N–H and O–H groups in total. The highest BCUT2D eigenvalue weighted by Crippen LogP contribution is 2.24. The van der Waals surface area contributed by atoms with Gasteiger partial charge in [-0.15, -0.1) is 0 Å². The minimum absolute atomic E-state index is 0.159. The lowest BCUT2D eigenvalue weighted by Gasteiger charge is -2.19. The standard InChI is InChI=1S/C35H32FN5O4/c1-22(42)38-20-29(45-2)21-41-33-18-27(35(43)44)13-15-32(33)40-34(41)17-23-6-10-26(11-7-23)31-5-3-4-28(39-31)14-12-25-9-8-24(19-37)16-30(25)36/h3-11,13,15-16,18,29H,12,14,17,20-21H2,1-2H3,(H,38,42)(H,43,44)/t29-/m0/s1. The number of hydrogen-bond donors (Lipinski definition) is 2. The van der Waals surface area contributed by atoms with Crippen LogP contribution in [0, 0.1) is 17.1 Å². The summed E-state index contributed by atoms with van der Waals surface area (Å²) in [7, 11) is 1.57. The van der Waals surface area contributed by atoms with Crippen LogP contribution in [-0.2, 0) is 35.3 Å². The van der Waals surface area contributed by atoms with Crippen molar-refractivity contribution in [2.45, 2.75) is 38.8 Å². The second-order valence-electron chi connectivity index (χ2n) is 10.7. The van der Waals surface area contributed by atoms with E-state index in [4.69, 9.17) is 20.0 Å². The number of aromatic nitrogens is 3. The molecule has 2 aromatic heterocycles. The number of methoxy groups -OCH3 is 1. The van der Waals surface area contributed by atoms with E-state index in [1.165, 1.54) is 19.1 Å². The number of halogens is 1. The van der Waals surface area contributed by atoms with Gasteiger partial charge in [-0.25, -0.2) is 14.2 Å². The first-order valence-corrected chi connectivity index (χ1v) is 14.5. The highest BCUT2D eigenvalue weighted by Gasteiger charge is 2.18. The number of nitrogens with zero attached hydrogens (tertiary/aromatic N) is 4. The van der Waals surface area contributed by atoms with Gasteiger partial charge >= 0.3 is 5.97 Å². The smallest absolute Gasteiger partial charge is 0.335 e. The number of carbonyl (C=O) groups excluding carboxylic acids is 1. The molecule has 0 aliphatic heterocycles. The molecule has 5 aromatic rings. The average Bonchev–Trinajstić information content (AvgIpc) is 3.38. The van der Waals surface area contributed by atoms with Crippen LogP contribution in [-0.4, -0.2) is 51.3 Å². The number of nitrogens with one attached hydrogen (secondary N) is 1. The van der Waals surface area contributed by atoms with E-state index >= 15 is 0 Å². The van der Waals surface area contributed by atoms with Gasteiger partial charge in [0.15, 0.2) is 0 Å². The van der Waals surface area contributed by atoms with Crippen molar-refractivity contribution in [1.82, 2.24) is 19.9 Å². The number of carbonyl (C=O) groups is 2. The number of amides is 1. The van der Waals surface area contributed by atoms with Gasteiger partial charge in [0.2, 0.25) is 5.91 Å². The first kappa shape index (κ1) is 31.0. The van der Waals surface area contributed by atoms with Gasteiger partial charge in [-0.2, -0.15) is 5.26 Å². The zero-order valence-corrected chi connectivity index (χ0v) is 25.0. The van der Waals surface area contributed by atoms with Gasteiger partial charge in [0.05, 0.1) is 46.6 Å². The lowest BCUT2D eigenvalue weighted by atomic mass is 10.0. The predicted octanol–water partition coefficient (Wildman–Crippen LogP) is 5.33. The lowest BCUT2D eigenvalue weighted by Crippen LogP contribution is -2.34. The first-order chi connectivity index (χ1) is 21.7. The highest BCUT2D eigenvalue weighted by molar-refractivity contribution is 5.92. The third kappa shape index (κ3) is 7.58. The minimum atomic E-state index is -1.03. The number of benzene rings is 3. The Morgan fingerprint density at radius 1 is 1.04 bits per heavy atom. The van der Waals surface area contributed by atoms with Crippen LogP contribution in [0.4, 0.5) is 4.39 Å². The Morgan fingerprint density at radius 2 is 1.84 bits per heavy atom. The molecule has 0 saturated carbocycles. The van der Waals surface area contributed by atoms with Crippen molar-refractivity contribution >= 4 is 22.9 Å². The topological polar surface area (TPSA) is 130 Å². The second-order valence-corrected chi connectivity index (χ2v) is 10.7. The van der Waals surface area contributed by atoms with Crippen molar-refractivity contribution in [2.75, 3.05) is 13.7 Å². The fourth-order valence-electron chi connectivity index (χ4n) is 5.17. The van der Waals surface area contributed by atoms with Crippen LogP contribution in [0.1, 0.15) is 45.5 Å². The van der Waals surface area contributed by atoms with Gasteiger partial charge in [-0.1, -0.05) is 36.4 Å². The molecule has 228 valence electrons. The van der Waals surface area contributed by atoms with Gasteiger partial charge in [-0.3, -0.25) is 9.78 Å². The summed E-state index contributed by atoms with van der Waals surface area (Å²) in [5.41, 5.74) is 5.91. The molecule has 0 aliphatic rings. The van der Waals surface area contributed by atoms with Gasteiger partial charge in [0.1, 0.15) is 11.6 Å². The number of nitriles is 1. The van der Waals surface area contributed by atoms with E-state index in [1.54, 1.807) is 31.4 Å². The van der Waals surface area contributed by atoms with Crippen molar-refractivity contribution in [3.63, 3.8) is 0 Å². The molecule has 45 heavy (non-hydrogen) atoms. The Labute approximate surface area is 259 Å². The summed E-state index contributed by atoms with van der Waals surface area (Å²) >= 11 is 0. The molecule has 0 spiro atoms. The van der Waals surface area contributed by atoms with Crippen LogP contribution in [0.25, 0.3) is 22.3 Å². The maximum Gasteiger partial charge on any atom is 0.335 e. The van der Waals surface area contributed by atoms with E-state index in [9.17, 15) is 19.1 Å². The van der Waals surface area contributed by atoms with Crippen LogP contribution in [0.15, 0.2) is 78.9 Å². The van der Waals surface area contributed by atoms with E-state index in [1.807, 2.05) is 53.1 Å². The molecule has 1 amide bonds. The lowest BCUT2D eigenvalue weighted by molar-refractivity contribution is -0.119. The fourth-order valence-corrected chi connectivity index (χ4v) is 5.17. The third-order valence-electron chi connectivity index (χ3n) is 7.62. The van der Waals surface area contributed by atoms with Crippen LogP contribution >= 0.6 is 0 Å². The number of carboxylic acid groups (broad SMARTS) is 1. The fraction of sp³-hybridized carbons (Fsp3) is 0.229. The van der Waals surface area contributed by atoms with Gasteiger partial charge < -0.3 is 19.7 Å². The van der Waals surface area contributed by atoms with Gasteiger partial charge in [0.25, 0.3) is 0 Å².